The summed E-state index contributed by atoms with van der Waals surface area (Å²) in [6.45, 7) is 3.28. The van der Waals surface area contributed by atoms with Gasteiger partial charge in [0.1, 0.15) is 18.0 Å². The van der Waals surface area contributed by atoms with Crippen molar-refractivity contribution in [2.24, 2.45) is 5.73 Å². The van der Waals surface area contributed by atoms with E-state index in [9.17, 15) is 4.39 Å². The first kappa shape index (κ1) is 15.2. The van der Waals surface area contributed by atoms with Gasteiger partial charge in [0.15, 0.2) is 0 Å². The third-order valence-corrected chi connectivity index (χ3v) is 3.78. The number of rotatable bonds is 5. The van der Waals surface area contributed by atoms with Gasteiger partial charge in [0.2, 0.25) is 0 Å². The Hall–Kier alpha value is -1.17. The molecule has 0 saturated carbocycles. The molecule has 5 heteroatoms. The molecule has 3 unspecified atom stereocenters. The maximum atomic E-state index is 14.1. The Morgan fingerprint density at radius 2 is 1.90 bits per heavy atom. The maximum Gasteiger partial charge on any atom is 0.128 e. The van der Waals surface area contributed by atoms with Crippen LogP contribution in [0.4, 0.5) is 10.1 Å². The molecule has 1 aliphatic rings. The molecule has 0 bridgehead atoms. The molecular formula is C15H23FN2O2. The SMILES string of the molecule is COC1CN(c2cccc(F)c2CC(C)N)CC1OC. The molecule has 1 fully saturated rings. The van der Waals surface area contributed by atoms with Gasteiger partial charge in [-0.2, -0.15) is 0 Å². The van der Waals surface area contributed by atoms with Crippen molar-refractivity contribution < 1.29 is 13.9 Å². The molecule has 1 saturated heterocycles. The van der Waals surface area contributed by atoms with E-state index in [1.807, 2.05) is 13.0 Å². The Kier molecular flexibility index (Phi) is 4.96. The molecule has 0 radical (unpaired) electrons. The van der Waals surface area contributed by atoms with Gasteiger partial charge >= 0.3 is 0 Å². The minimum Gasteiger partial charge on any atom is -0.377 e. The lowest BCUT2D eigenvalue weighted by atomic mass is 10.0. The summed E-state index contributed by atoms with van der Waals surface area (Å²) in [7, 11) is 3.35. The fraction of sp³-hybridized carbons (Fsp3) is 0.600. The zero-order valence-electron chi connectivity index (χ0n) is 12.3. The zero-order chi connectivity index (χ0) is 14.7. The molecule has 2 N–H and O–H groups in total. The average molecular weight is 282 g/mol. The molecule has 4 nitrogen and oxygen atoms in total. The predicted molar refractivity (Wildman–Crippen MR) is 77.6 cm³/mol. The lowest BCUT2D eigenvalue weighted by Crippen LogP contribution is -2.27. The summed E-state index contributed by atoms with van der Waals surface area (Å²) >= 11 is 0. The Morgan fingerprint density at radius 1 is 1.30 bits per heavy atom. The van der Waals surface area contributed by atoms with Crippen molar-refractivity contribution in [3.05, 3.63) is 29.6 Å². The van der Waals surface area contributed by atoms with Crippen LogP contribution < -0.4 is 10.6 Å². The molecule has 0 aliphatic carbocycles. The van der Waals surface area contributed by atoms with Gasteiger partial charge in [-0.05, 0) is 25.5 Å². The van der Waals surface area contributed by atoms with Crippen molar-refractivity contribution in [3.63, 3.8) is 0 Å². The minimum absolute atomic E-state index is 0.00594. The standard InChI is InChI=1S/C15H23FN2O2/c1-10(17)7-11-12(16)5-4-6-13(11)18-8-14(19-2)15(9-18)20-3/h4-6,10,14-15H,7-9,17H2,1-3H3. The van der Waals surface area contributed by atoms with Gasteiger partial charge in [0, 0.05) is 44.6 Å². The highest BCUT2D eigenvalue weighted by Gasteiger charge is 2.34. The highest BCUT2D eigenvalue weighted by Crippen LogP contribution is 2.29. The summed E-state index contributed by atoms with van der Waals surface area (Å²) in [6, 6.07) is 5.08. The molecular weight excluding hydrogens is 259 g/mol. The topological polar surface area (TPSA) is 47.7 Å². The molecule has 2 rings (SSSR count). The molecule has 0 aromatic heterocycles. The predicted octanol–water partition coefficient (Wildman–Crippen LogP) is 1.57. The molecule has 1 aliphatic heterocycles. The van der Waals surface area contributed by atoms with Crippen LogP contribution in [0.1, 0.15) is 12.5 Å². The number of nitrogens with zero attached hydrogens (tertiary/aromatic N) is 1. The van der Waals surface area contributed by atoms with Gasteiger partial charge < -0.3 is 20.1 Å². The second kappa shape index (κ2) is 6.52. The Labute approximate surface area is 119 Å². The summed E-state index contributed by atoms with van der Waals surface area (Å²) in [5.74, 6) is -0.199. The van der Waals surface area contributed by atoms with Gasteiger partial charge in [0.05, 0.1) is 0 Å². The summed E-state index contributed by atoms with van der Waals surface area (Å²) < 4.78 is 24.9. The summed E-state index contributed by atoms with van der Waals surface area (Å²) in [4.78, 5) is 2.11. The van der Waals surface area contributed by atoms with Gasteiger partial charge in [-0.15, -0.1) is 0 Å². The van der Waals surface area contributed by atoms with Crippen LogP contribution in [0.3, 0.4) is 0 Å². The first-order valence-corrected chi connectivity index (χ1v) is 6.90. The van der Waals surface area contributed by atoms with Crippen LogP contribution in [-0.2, 0) is 15.9 Å². The highest BCUT2D eigenvalue weighted by molar-refractivity contribution is 5.56. The molecule has 20 heavy (non-hydrogen) atoms. The van der Waals surface area contributed by atoms with E-state index in [-0.39, 0.29) is 24.1 Å². The minimum atomic E-state index is -0.199. The summed E-state index contributed by atoms with van der Waals surface area (Å²) in [6.07, 6.45) is 0.534. The van der Waals surface area contributed by atoms with Crippen molar-refractivity contribution in [2.45, 2.75) is 31.6 Å². The third-order valence-electron chi connectivity index (χ3n) is 3.78. The molecule has 0 spiro atoms. The van der Waals surface area contributed by atoms with E-state index in [1.165, 1.54) is 6.07 Å². The average Bonchev–Trinajstić information content (AvgIpc) is 2.83. The van der Waals surface area contributed by atoms with E-state index >= 15 is 0 Å². The van der Waals surface area contributed by atoms with Crippen LogP contribution in [0.5, 0.6) is 0 Å². The monoisotopic (exact) mass is 282 g/mol. The van der Waals surface area contributed by atoms with Gasteiger partial charge in [0.25, 0.3) is 0 Å². The molecule has 1 heterocycles. The van der Waals surface area contributed by atoms with Crippen molar-refractivity contribution >= 4 is 5.69 Å². The number of ether oxygens (including phenoxy) is 2. The largest absolute Gasteiger partial charge is 0.377 e. The van der Waals surface area contributed by atoms with Crippen molar-refractivity contribution in [3.8, 4) is 0 Å². The quantitative estimate of drug-likeness (QED) is 0.890. The van der Waals surface area contributed by atoms with Crippen LogP contribution in [0, 0.1) is 5.82 Å². The number of benzene rings is 1. The number of methoxy groups -OCH3 is 2. The van der Waals surface area contributed by atoms with Crippen molar-refractivity contribution in [1.82, 2.24) is 0 Å². The number of halogens is 1. The Balaban J connectivity index is 2.27. The number of nitrogens with two attached hydrogens (primary N) is 1. The van der Waals surface area contributed by atoms with Gasteiger partial charge in [-0.25, -0.2) is 4.39 Å². The normalized spacial score (nSPS) is 24.1. The smallest absolute Gasteiger partial charge is 0.128 e. The van der Waals surface area contributed by atoms with Gasteiger partial charge in [-0.1, -0.05) is 6.07 Å². The van der Waals surface area contributed by atoms with E-state index in [1.54, 1.807) is 20.3 Å². The number of hydrogen-bond donors (Lipinski definition) is 1. The summed E-state index contributed by atoms with van der Waals surface area (Å²) in [5, 5.41) is 0. The fourth-order valence-corrected chi connectivity index (χ4v) is 2.76. The first-order chi connectivity index (χ1) is 9.56. The molecule has 0 amide bonds. The summed E-state index contributed by atoms with van der Waals surface area (Å²) in [5.41, 5.74) is 7.40. The Bertz CT molecular complexity index is 441. The van der Waals surface area contributed by atoms with E-state index in [4.69, 9.17) is 15.2 Å². The molecule has 1 aromatic carbocycles. The zero-order valence-corrected chi connectivity index (χ0v) is 12.3. The van der Waals surface area contributed by atoms with E-state index < -0.39 is 0 Å². The lowest BCUT2D eigenvalue weighted by Gasteiger charge is -2.23. The molecule has 1 aromatic rings. The third kappa shape index (κ3) is 3.11. The van der Waals surface area contributed by atoms with E-state index in [0.717, 1.165) is 5.69 Å². The van der Waals surface area contributed by atoms with Crippen molar-refractivity contribution in [1.29, 1.82) is 0 Å². The van der Waals surface area contributed by atoms with Crippen LogP contribution in [0.15, 0.2) is 18.2 Å². The number of anilines is 1. The fourth-order valence-electron chi connectivity index (χ4n) is 2.76. The lowest BCUT2D eigenvalue weighted by molar-refractivity contribution is -0.00461. The second-order valence-electron chi connectivity index (χ2n) is 5.37. The van der Waals surface area contributed by atoms with Crippen molar-refractivity contribution in [2.75, 3.05) is 32.2 Å². The maximum absolute atomic E-state index is 14.1. The van der Waals surface area contributed by atoms with E-state index in [2.05, 4.69) is 4.90 Å². The van der Waals surface area contributed by atoms with Crippen LogP contribution in [0.25, 0.3) is 0 Å². The highest BCUT2D eigenvalue weighted by atomic mass is 19.1. The van der Waals surface area contributed by atoms with E-state index in [0.29, 0.717) is 25.1 Å². The molecule has 112 valence electrons. The van der Waals surface area contributed by atoms with Crippen LogP contribution >= 0.6 is 0 Å². The van der Waals surface area contributed by atoms with Crippen LogP contribution in [0.2, 0.25) is 0 Å². The first-order valence-electron chi connectivity index (χ1n) is 6.90. The Morgan fingerprint density at radius 3 is 2.40 bits per heavy atom. The molecule has 3 atom stereocenters. The van der Waals surface area contributed by atoms with Gasteiger partial charge in [-0.3, -0.25) is 0 Å². The second-order valence-corrected chi connectivity index (χ2v) is 5.37. The van der Waals surface area contributed by atoms with Crippen LogP contribution in [-0.4, -0.2) is 45.6 Å². The number of hydrogen-bond acceptors (Lipinski definition) is 4.